The van der Waals surface area contributed by atoms with E-state index in [1.54, 1.807) is 36.4 Å². The summed E-state index contributed by atoms with van der Waals surface area (Å²) in [7, 11) is 5.94. The zero-order valence-corrected chi connectivity index (χ0v) is 38.0. The number of aromatic hydroxyl groups is 1. The molecule has 4 amide bonds. The molecule has 0 fully saturated rings. The number of nitrogens with one attached hydrogen (secondary N) is 2. The summed E-state index contributed by atoms with van der Waals surface area (Å²) in [6.45, 7) is 0.0690. The van der Waals surface area contributed by atoms with Gasteiger partial charge in [0, 0.05) is 51.5 Å². The number of rotatable bonds is 11. The highest BCUT2D eigenvalue weighted by molar-refractivity contribution is 6.13. The van der Waals surface area contributed by atoms with Crippen LogP contribution in [-0.4, -0.2) is 66.7 Å². The second-order valence-electron chi connectivity index (χ2n) is 16.0. The van der Waals surface area contributed by atoms with Gasteiger partial charge in [-0.2, -0.15) is 26.3 Å². The maximum absolute atomic E-state index is 15.0. The number of anilines is 2. The number of halogens is 8. The smallest absolute Gasteiger partial charge is 0.416 e. The van der Waals surface area contributed by atoms with Gasteiger partial charge in [0.1, 0.15) is 6.61 Å². The molecule has 0 heterocycles. The minimum atomic E-state index is -4.49. The van der Waals surface area contributed by atoms with Crippen molar-refractivity contribution in [1.29, 1.82) is 0 Å². The van der Waals surface area contributed by atoms with E-state index in [0.717, 1.165) is 48.0 Å². The molecule has 0 aromatic heterocycles. The molecule has 366 valence electrons. The SMILES string of the molecule is CN(C)C(=O)c1cc(O)c(F)cc1NC(=O)c1ccccc1-c1ccc(C(F)(F)F)cc1.CN(C)C(=O)c1cc(OCc2ccccc2)c(F)cc1NC(=O)c1ccccc1-c1ccc(C(F)(F)F)cc1. The molecule has 7 aromatic carbocycles. The van der Waals surface area contributed by atoms with Crippen molar-refractivity contribution >= 4 is 35.0 Å². The Morgan fingerprint density at radius 1 is 0.507 bits per heavy atom. The van der Waals surface area contributed by atoms with Gasteiger partial charge < -0.3 is 30.3 Å². The van der Waals surface area contributed by atoms with E-state index >= 15 is 4.39 Å². The molecule has 0 atom stereocenters. The first kappa shape index (κ1) is 51.8. The molecule has 7 rings (SSSR count). The van der Waals surface area contributed by atoms with Gasteiger partial charge in [-0.25, -0.2) is 8.78 Å². The number of phenolic OH excluding ortho intramolecular Hbond substituents is 1. The average Bonchev–Trinajstić information content (AvgIpc) is 3.34. The summed E-state index contributed by atoms with van der Waals surface area (Å²) >= 11 is 0. The van der Waals surface area contributed by atoms with E-state index in [1.807, 2.05) is 30.3 Å². The van der Waals surface area contributed by atoms with Crippen LogP contribution in [0.5, 0.6) is 11.5 Å². The van der Waals surface area contributed by atoms with E-state index in [0.29, 0.717) is 22.3 Å². The summed E-state index contributed by atoms with van der Waals surface area (Å²) in [5, 5.41) is 14.7. The molecule has 18 heteroatoms. The second kappa shape index (κ2) is 21.8. The molecular formula is C53H42F8N4O6. The number of nitrogens with zero attached hydrogens (tertiary/aromatic N) is 2. The lowest BCUT2D eigenvalue weighted by Crippen LogP contribution is -2.24. The Labute approximate surface area is 401 Å². The number of carbonyl (C=O) groups is 4. The predicted octanol–water partition coefficient (Wildman–Crippen LogP) is 12.2. The van der Waals surface area contributed by atoms with Crippen LogP contribution in [0.25, 0.3) is 22.3 Å². The molecule has 71 heavy (non-hydrogen) atoms. The number of hydrogen-bond donors (Lipinski definition) is 3. The minimum Gasteiger partial charge on any atom is -0.505 e. The fourth-order valence-electron chi connectivity index (χ4n) is 6.93. The van der Waals surface area contributed by atoms with Crippen molar-refractivity contribution in [3.8, 4) is 33.8 Å². The number of benzene rings is 7. The van der Waals surface area contributed by atoms with Gasteiger partial charge in [0.2, 0.25) is 0 Å². The van der Waals surface area contributed by atoms with Crippen molar-refractivity contribution in [3.63, 3.8) is 0 Å². The topological polar surface area (TPSA) is 128 Å². The van der Waals surface area contributed by atoms with Crippen molar-refractivity contribution in [2.75, 3.05) is 38.8 Å². The van der Waals surface area contributed by atoms with E-state index < -0.39 is 64.5 Å². The molecule has 0 unspecified atom stereocenters. The monoisotopic (exact) mass is 982 g/mol. The molecular weight excluding hydrogens is 941 g/mol. The molecule has 0 aliphatic heterocycles. The van der Waals surface area contributed by atoms with Crippen LogP contribution in [0.3, 0.4) is 0 Å². The molecule has 10 nitrogen and oxygen atoms in total. The number of amides is 4. The Kier molecular flexibility index (Phi) is 15.9. The number of ether oxygens (including phenoxy) is 1. The van der Waals surface area contributed by atoms with Crippen LogP contribution in [0.1, 0.15) is 58.1 Å². The predicted molar refractivity (Wildman–Crippen MR) is 251 cm³/mol. The Bertz CT molecular complexity index is 3070. The van der Waals surface area contributed by atoms with Crippen LogP contribution in [0.4, 0.5) is 46.5 Å². The van der Waals surface area contributed by atoms with Gasteiger partial charge in [-0.1, -0.05) is 91.0 Å². The lowest BCUT2D eigenvalue weighted by molar-refractivity contribution is -0.138. The second-order valence-corrected chi connectivity index (χ2v) is 16.0. The van der Waals surface area contributed by atoms with Gasteiger partial charge in [0.15, 0.2) is 23.1 Å². The average molecular weight is 983 g/mol. The zero-order chi connectivity index (χ0) is 51.8. The minimum absolute atomic E-state index is 0.00447. The van der Waals surface area contributed by atoms with Gasteiger partial charge in [0.05, 0.1) is 33.6 Å². The summed E-state index contributed by atoms with van der Waals surface area (Å²) in [5.41, 5.74) is 0.491. The Morgan fingerprint density at radius 2 is 0.901 bits per heavy atom. The molecule has 0 saturated heterocycles. The summed E-state index contributed by atoms with van der Waals surface area (Å²) in [6.07, 6.45) is -8.99. The number of hydrogen-bond acceptors (Lipinski definition) is 6. The third-order valence-corrected chi connectivity index (χ3v) is 10.6. The third-order valence-electron chi connectivity index (χ3n) is 10.6. The van der Waals surface area contributed by atoms with E-state index in [-0.39, 0.29) is 46.0 Å². The van der Waals surface area contributed by atoms with Gasteiger partial charge in [-0.05, 0) is 76.3 Å². The van der Waals surface area contributed by atoms with E-state index in [1.165, 1.54) is 80.5 Å². The van der Waals surface area contributed by atoms with Crippen LogP contribution in [-0.2, 0) is 19.0 Å². The highest BCUT2D eigenvalue weighted by atomic mass is 19.4. The summed E-state index contributed by atoms with van der Waals surface area (Å²) in [4.78, 5) is 54.1. The normalized spacial score (nSPS) is 11.2. The van der Waals surface area contributed by atoms with Crippen LogP contribution < -0.4 is 15.4 Å². The largest absolute Gasteiger partial charge is 0.505 e. The van der Waals surface area contributed by atoms with Gasteiger partial charge in [-0.15, -0.1) is 0 Å². The molecule has 7 aromatic rings. The van der Waals surface area contributed by atoms with Crippen LogP contribution in [0, 0.1) is 11.6 Å². The van der Waals surface area contributed by atoms with Gasteiger partial charge in [-0.3, -0.25) is 19.2 Å². The molecule has 0 radical (unpaired) electrons. The Hall–Kier alpha value is -8.54. The first-order valence-corrected chi connectivity index (χ1v) is 21.2. The van der Waals surface area contributed by atoms with Crippen molar-refractivity contribution < 1.29 is 64.1 Å². The number of phenols is 1. The van der Waals surface area contributed by atoms with E-state index in [9.17, 15) is 55.0 Å². The molecule has 0 aliphatic rings. The van der Waals surface area contributed by atoms with Crippen molar-refractivity contribution in [3.05, 3.63) is 202 Å². The van der Waals surface area contributed by atoms with E-state index in [2.05, 4.69) is 10.6 Å². The lowest BCUT2D eigenvalue weighted by atomic mass is 9.98. The standard InChI is InChI=1S/C30H24F4N2O3.C23H18F4N2O3/c1-36(2)29(38)24-16-27(39-18-19-8-4-3-5-9-19)25(31)17-26(24)35-28(37)23-11-7-6-10-22(23)20-12-14-21(15-13-20)30(32,33)34;1-29(2)22(32)17-11-20(30)18(24)12-19(17)28-21(31)16-6-4-3-5-15(16)13-7-9-14(10-8-13)23(25,26)27/h3-17H,18H2,1-2H3,(H,35,37);3-12,30H,1-2H3,(H,28,31). The fraction of sp³-hybridized carbons (Fsp3) is 0.132. The summed E-state index contributed by atoms with van der Waals surface area (Å²) in [5.74, 6) is -5.18. The molecule has 3 N–H and O–H groups in total. The van der Waals surface area contributed by atoms with Crippen LogP contribution in [0.15, 0.2) is 152 Å². The van der Waals surface area contributed by atoms with Crippen molar-refractivity contribution in [2.24, 2.45) is 0 Å². The highest BCUT2D eigenvalue weighted by Gasteiger charge is 2.31. The van der Waals surface area contributed by atoms with Crippen LogP contribution in [0.2, 0.25) is 0 Å². The summed E-state index contributed by atoms with van der Waals surface area (Å²) < 4.78 is 112. The molecule has 0 spiro atoms. The quantitative estimate of drug-likeness (QED) is 0.0875. The van der Waals surface area contributed by atoms with Crippen molar-refractivity contribution in [2.45, 2.75) is 19.0 Å². The first-order valence-electron chi connectivity index (χ1n) is 21.2. The fourth-order valence-corrected chi connectivity index (χ4v) is 6.93. The van der Waals surface area contributed by atoms with Crippen molar-refractivity contribution in [1.82, 2.24) is 9.80 Å². The zero-order valence-electron chi connectivity index (χ0n) is 38.0. The maximum Gasteiger partial charge on any atom is 0.416 e. The Morgan fingerprint density at radius 3 is 1.32 bits per heavy atom. The van der Waals surface area contributed by atoms with Gasteiger partial charge >= 0.3 is 12.4 Å². The van der Waals surface area contributed by atoms with E-state index in [4.69, 9.17) is 4.74 Å². The number of alkyl halides is 6. The first-order chi connectivity index (χ1) is 33.5. The van der Waals surface area contributed by atoms with Crippen LogP contribution >= 0.6 is 0 Å². The Balaban J connectivity index is 0.000000237. The summed E-state index contributed by atoms with van der Waals surface area (Å²) in [6, 6.07) is 34.3. The number of carbonyl (C=O) groups excluding carboxylic acids is 4. The highest BCUT2D eigenvalue weighted by Crippen LogP contribution is 2.35. The third kappa shape index (κ3) is 12.8. The molecule has 0 saturated carbocycles. The van der Waals surface area contributed by atoms with Gasteiger partial charge in [0.25, 0.3) is 23.6 Å². The lowest BCUT2D eigenvalue weighted by Gasteiger charge is -2.18. The molecule has 0 bridgehead atoms. The molecule has 0 aliphatic carbocycles. The maximum atomic E-state index is 15.0.